The summed E-state index contributed by atoms with van der Waals surface area (Å²) in [7, 11) is 0. The third-order valence-electron chi connectivity index (χ3n) is 4.13. The Morgan fingerprint density at radius 3 is 2.90 bits per heavy atom. The second-order valence-corrected chi connectivity index (χ2v) is 5.95. The molecule has 3 heteroatoms. The van der Waals surface area contributed by atoms with E-state index in [2.05, 4.69) is 18.3 Å². The van der Waals surface area contributed by atoms with Crippen LogP contribution in [0.1, 0.15) is 36.9 Å². The number of nitrogens with one attached hydrogen (secondary N) is 1. The van der Waals surface area contributed by atoms with E-state index in [9.17, 15) is 4.39 Å². The zero-order valence-electron chi connectivity index (χ0n) is 12.1. The number of fused-ring (bicyclic) bond motifs is 1. The number of benzene rings is 2. The zero-order chi connectivity index (χ0) is 14.8. The average Bonchev–Trinajstić information content (AvgIpc) is 2.91. The maximum atomic E-state index is 13.6. The first-order valence-corrected chi connectivity index (χ1v) is 7.89. The maximum Gasteiger partial charge on any atom is 0.123 e. The highest BCUT2D eigenvalue weighted by Gasteiger charge is 2.24. The maximum absolute atomic E-state index is 13.6. The standard InChI is InChI=1S/C18H19ClFN/c1-2-10-21-18-9-7-14-13(4-3-5-15(14)18)16-11-12(20)6-8-17(16)19/h3-6,8,11,18,21H,2,7,9-10H2,1H3. The minimum atomic E-state index is -0.245. The van der Waals surface area contributed by atoms with E-state index in [0.29, 0.717) is 11.1 Å². The van der Waals surface area contributed by atoms with Gasteiger partial charge in [0.2, 0.25) is 0 Å². The largest absolute Gasteiger partial charge is 0.310 e. The van der Waals surface area contributed by atoms with Crippen LogP contribution in [0.2, 0.25) is 5.02 Å². The van der Waals surface area contributed by atoms with E-state index < -0.39 is 0 Å². The molecule has 110 valence electrons. The normalized spacial score (nSPS) is 17.0. The van der Waals surface area contributed by atoms with Crippen molar-refractivity contribution in [3.8, 4) is 11.1 Å². The van der Waals surface area contributed by atoms with Gasteiger partial charge < -0.3 is 5.32 Å². The van der Waals surface area contributed by atoms with Crippen LogP contribution in [0.3, 0.4) is 0 Å². The molecule has 21 heavy (non-hydrogen) atoms. The zero-order valence-corrected chi connectivity index (χ0v) is 12.9. The van der Waals surface area contributed by atoms with Crippen LogP contribution in [0, 0.1) is 5.82 Å². The highest BCUT2D eigenvalue weighted by Crippen LogP contribution is 2.39. The van der Waals surface area contributed by atoms with Crippen molar-refractivity contribution in [3.63, 3.8) is 0 Å². The molecule has 0 aromatic heterocycles. The first-order chi connectivity index (χ1) is 10.2. The predicted octanol–water partition coefficient (Wildman–Crippen LogP) is 5.13. The lowest BCUT2D eigenvalue weighted by molar-refractivity contribution is 0.529. The van der Waals surface area contributed by atoms with Crippen molar-refractivity contribution in [1.29, 1.82) is 0 Å². The van der Waals surface area contributed by atoms with Crippen molar-refractivity contribution in [2.24, 2.45) is 0 Å². The summed E-state index contributed by atoms with van der Waals surface area (Å²) in [6.07, 6.45) is 3.24. The van der Waals surface area contributed by atoms with E-state index >= 15 is 0 Å². The van der Waals surface area contributed by atoms with E-state index in [-0.39, 0.29) is 5.82 Å². The lowest BCUT2D eigenvalue weighted by Crippen LogP contribution is -2.19. The van der Waals surface area contributed by atoms with Crippen LogP contribution in [-0.4, -0.2) is 6.54 Å². The molecular weight excluding hydrogens is 285 g/mol. The lowest BCUT2D eigenvalue weighted by Gasteiger charge is -2.15. The van der Waals surface area contributed by atoms with Gasteiger partial charge in [0, 0.05) is 16.6 Å². The van der Waals surface area contributed by atoms with Crippen LogP contribution in [0.15, 0.2) is 36.4 Å². The van der Waals surface area contributed by atoms with Crippen molar-refractivity contribution in [2.45, 2.75) is 32.2 Å². The third kappa shape index (κ3) is 2.83. The van der Waals surface area contributed by atoms with E-state index in [1.54, 1.807) is 6.07 Å². The van der Waals surface area contributed by atoms with Gasteiger partial charge in [0.15, 0.2) is 0 Å². The third-order valence-corrected chi connectivity index (χ3v) is 4.46. The van der Waals surface area contributed by atoms with Crippen molar-refractivity contribution < 1.29 is 4.39 Å². The molecule has 2 aromatic rings. The molecule has 0 bridgehead atoms. The van der Waals surface area contributed by atoms with E-state index in [4.69, 9.17) is 11.6 Å². The fourth-order valence-electron chi connectivity index (χ4n) is 3.14. The summed E-state index contributed by atoms with van der Waals surface area (Å²) in [4.78, 5) is 0. The van der Waals surface area contributed by atoms with Crippen LogP contribution >= 0.6 is 11.6 Å². The van der Waals surface area contributed by atoms with Crippen molar-refractivity contribution in [2.75, 3.05) is 6.54 Å². The predicted molar refractivity (Wildman–Crippen MR) is 86.2 cm³/mol. The molecule has 3 rings (SSSR count). The Hall–Kier alpha value is -1.38. The number of halogens is 2. The smallest absolute Gasteiger partial charge is 0.123 e. The van der Waals surface area contributed by atoms with Crippen LogP contribution in [0.4, 0.5) is 4.39 Å². The first-order valence-electron chi connectivity index (χ1n) is 7.51. The molecule has 0 radical (unpaired) electrons. The number of hydrogen-bond acceptors (Lipinski definition) is 1. The summed E-state index contributed by atoms with van der Waals surface area (Å²) in [5, 5.41) is 4.19. The molecule has 0 amide bonds. The second-order valence-electron chi connectivity index (χ2n) is 5.54. The Bertz CT molecular complexity index is 654. The fraction of sp³-hybridized carbons (Fsp3) is 0.333. The molecule has 1 aliphatic rings. The molecule has 1 aliphatic carbocycles. The molecule has 0 saturated carbocycles. The molecule has 0 aliphatic heterocycles. The molecule has 1 unspecified atom stereocenters. The molecule has 1 nitrogen and oxygen atoms in total. The first kappa shape index (κ1) is 14.6. The lowest BCUT2D eigenvalue weighted by atomic mass is 9.96. The summed E-state index contributed by atoms with van der Waals surface area (Å²) >= 11 is 6.27. The van der Waals surface area contributed by atoms with Crippen LogP contribution in [0.5, 0.6) is 0 Å². The summed E-state index contributed by atoms with van der Waals surface area (Å²) in [6.45, 7) is 3.20. The molecule has 0 fully saturated rings. The quantitative estimate of drug-likeness (QED) is 0.825. The van der Waals surface area contributed by atoms with Gasteiger partial charge in [-0.05, 0) is 60.7 Å². The summed E-state index contributed by atoms with van der Waals surface area (Å²) < 4.78 is 13.6. The van der Waals surface area contributed by atoms with Gasteiger partial charge in [0.1, 0.15) is 5.82 Å². The molecular formula is C18H19ClFN. The fourth-order valence-corrected chi connectivity index (χ4v) is 3.36. The summed E-state index contributed by atoms with van der Waals surface area (Å²) in [5.41, 5.74) is 4.50. The SMILES string of the molecule is CCCNC1CCc2c(-c3cc(F)ccc3Cl)cccc21. The average molecular weight is 304 g/mol. The van der Waals surface area contributed by atoms with Crippen LogP contribution in [-0.2, 0) is 6.42 Å². The van der Waals surface area contributed by atoms with E-state index in [1.165, 1.54) is 23.3 Å². The highest BCUT2D eigenvalue weighted by molar-refractivity contribution is 6.33. The Morgan fingerprint density at radius 1 is 1.24 bits per heavy atom. The summed E-state index contributed by atoms with van der Waals surface area (Å²) in [6, 6.07) is 11.2. The van der Waals surface area contributed by atoms with Gasteiger partial charge >= 0.3 is 0 Å². The molecule has 1 atom stereocenters. The molecule has 1 N–H and O–H groups in total. The van der Waals surface area contributed by atoms with Gasteiger partial charge in [0.25, 0.3) is 0 Å². The second kappa shape index (κ2) is 6.17. The Morgan fingerprint density at radius 2 is 2.10 bits per heavy atom. The van der Waals surface area contributed by atoms with Crippen LogP contribution in [0.25, 0.3) is 11.1 Å². The molecule has 0 saturated heterocycles. The van der Waals surface area contributed by atoms with Crippen LogP contribution < -0.4 is 5.32 Å². The van der Waals surface area contributed by atoms with Crippen molar-refractivity contribution in [3.05, 3.63) is 58.4 Å². The van der Waals surface area contributed by atoms with E-state index in [1.807, 2.05) is 12.1 Å². The van der Waals surface area contributed by atoms with Gasteiger partial charge in [-0.2, -0.15) is 0 Å². The van der Waals surface area contributed by atoms with Crippen molar-refractivity contribution >= 4 is 11.6 Å². The monoisotopic (exact) mass is 303 g/mol. The molecule has 0 heterocycles. The van der Waals surface area contributed by atoms with Gasteiger partial charge in [-0.3, -0.25) is 0 Å². The molecule has 2 aromatic carbocycles. The van der Waals surface area contributed by atoms with Gasteiger partial charge in [-0.1, -0.05) is 36.7 Å². The number of rotatable bonds is 4. The van der Waals surface area contributed by atoms with Gasteiger partial charge in [-0.25, -0.2) is 4.39 Å². The minimum absolute atomic E-state index is 0.245. The summed E-state index contributed by atoms with van der Waals surface area (Å²) in [5.74, 6) is -0.245. The Balaban J connectivity index is 2.02. The van der Waals surface area contributed by atoms with Crippen molar-refractivity contribution in [1.82, 2.24) is 5.32 Å². The molecule has 0 spiro atoms. The van der Waals surface area contributed by atoms with Gasteiger partial charge in [-0.15, -0.1) is 0 Å². The Labute approximate surface area is 130 Å². The minimum Gasteiger partial charge on any atom is -0.310 e. The topological polar surface area (TPSA) is 12.0 Å². The highest BCUT2D eigenvalue weighted by atomic mass is 35.5. The number of hydrogen-bond donors (Lipinski definition) is 1. The van der Waals surface area contributed by atoms with E-state index in [0.717, 1.165) is 36.9 Å². The van der Waals surface area contributed by atoms with Gasteiger partial charge in [0.05, 0.1) is 0 Å². The Kier molecular flexibility index (Phi) is 4.27.